The first-order chi connectivity index (χ1) is 9.22. The van der Waals surface area contributed by atoms with Gasteiger partial charge in [0.2, 0.25) is 0 Å². The largest absolute Gasteiger partial charge is 0.414 e. The van der Waals surface area contributed by atoms with Crippen molar-refractivity contribution in [2.45, 2.75) is 51.7 Å². The predicted octanol–water partition coefficient (Wildman–Crippen LogP) is 4.56. The molecule has 0 bridgehead atoms. The van der Waals surface area contributed by atoms with E-state index in [0.29, 0.717) is 6.61 Å². The van der Waals surface area contributed by atoms with E-state index in [0.717, 1.165) is 5.56 Å². The summed E-state index contributed by atoms with van der Waals surface area (Å²) in [6, 6.07) is 9.80. The van der Waals surface area contributed by atoms with E-state index in [2.05, 4.69) is 33.9 Å². The highest BCUT2D eigenvalue weighted by Crippen LogP contribution is 2.36. The van der Waals surface area contributed by atoms with Crippen LogP contribution in [0.15, 0.2) is 30.3 Å². The van der Waals surface area contributed by atoms with Crippen molar-refractivity contribution in [3.8, 4) is 0 Å². The Kier molecular flexibility index (Phi) is 6.36. The van der Waals surface area contributed by atoms with Gasteiger partial charge in [-0.3, -0.25) is 0 Å². The number of halogens is 1. The van der Waals surface area contributed by atoms with E-state index < -0.39 is 14.5 Å². The Bertz CT molecular complexity index is 387. The number of ether oxygens (including phenoxy) is 1. The van der Waals surface area contributed by atoms with Crippen LogP contribution in [0.1, 0.15) is 26.3 Å². The van der Waals surface area contributed by atoms with Crippen molar-refractivity contribution < 1.29 is 13.6 Å². The Balaban J connectivity index is 2.26. The summed E-state index contributed by atoms with van der Waals surface area (Å²) in [5.74, 6) is 0. The Morgan fingerprint density at radius 2 is 1.70 bits per heavy atom. The van der Waals surface area contributed by atoms with E-state index in [-0.39, 0.29) is 18.3 Å². The van der Waals surface area contributed by atoms with Gasteiger partial charge in [0.15, 0.2) is 8.32 Å². The molecule has 0 spiro atoms. The molecule has 1 atom stereocenters. The van der Waals surface area contributed by atoms with Gasteiger partial charge in [-0.25, -0.2) is 4.39 Å². The average Bonchev–Trinajstić information content (AvgIpc) is 2.36. The Hall–Kier alpha value is -0.713. The van der Waals surface area contributed by atoms with Crippen LogP contribution in [-0.4, -0.2) is 27.7 Å². The number of rotatable bonds is 7. The third-order valence-electron chi connectivity index (χ3n) is 3.84. The first-order valence-corrected chi connectivity index (χ1v) is 10.0. The predicted molar refractivity (Wildman–Crippen MR) is 84.1 cm³/mol. The Labute approximate surface area is 123 Å². The van der Waals surface area contributed by atoms with Crippen molar-refractivity contribution in [2.75, 3.05) is 13.2 Å². The average molecular weight is 298 g/mol. The fraction of sp³-hybridized carbons (Fsp3) is 0.625. The first kappa shape index (κ1) is 17.3. The van der Waals surface area contributed by atoms with Gasteiger partial charge in [0.25, 0.3) is 0 Å². The molecule has 1 aromatic carbocycles. The van der Waals surface area contributed by atoms with Crippen molar-refractivity contribution >= 4 is 8.32 Å². The standard InChI is InChI=1S/C16H27FO2Si/c1-16(2,3)20(4,5)19-13-15(17)12-18-11-14-9-7-6-8-10-14/h6-10,15H,11-13H2,1-5H3/t15-/m1/s1. The van der Waals surface area contributed by atoms with E-state index in [1.54, 1.807) is 0 Å². The maximum Gasteiger partial charge on any atom is 0.192 e. The molecule has 0 aliphatic carbocycles. The molecule has 0 heterocycles. The van der Waals surface area contributed by atoms with Gasteiger partial charge in [-0.1, -0.05) is 51.1 Å². The van der Waals surface area contributed by atoms with Gasteiger partial charge in [0.05, 0.1) is 19.8 Å². The third kappa shape index (κ3) is 5.73. The van der Waals surface area contributed by atoms with Gasteiger partial charge >= 0.3 is 0 Å². The van der Waals surface area contributed by atoms with Crippen molar-refractivity contribution in [1.29, 1.82) is 0 Å². The topological polar surface area (TPSA) is 18.5 Å². The summed E-state index contributed by atoms with van der Waals surface area (Å²) in [6.45, 7) is 11.4. The van der Waals surface area contributed by atoms with E-state index in [4.69, 9.17) is 9.16 Å². The molecule has 0 amide bonds. The second-order valence-electron chi connectivity index (χ2n) is 6.67. The minimum absolute atomic E-state index is 0.0868. The Morgan fingerprint density at radius 1 is 1.10 bits per heavy atom. The lowest BCUT2D eigenvalue weighted by atomic mass is 10.2. The van der Waals surface area contributed by atoms with Gasteiger partial charge in [0.1, 0.15) is 6.17 Å². The molecule has 0 radical (unpaired) electrons. The highest BCUT2D eigenvalue weighted by molar-refractivity contribution is 6.74. The first-order valence-electron chi connectivity index (χ1n) is 7.12. The molecule has 20 heavy (non-hydrogen) atoms. The van der Waals surface area contributed by atoms with Crippen molar-refractivity contribution in [1.82, 2.24) is 0 Å². The molecule has 0 N–H and O–H groups in total. The zero-order chi connectivity index (χ0) is 15.2. The molecule has 0 saturated heterocycles. The van der Waals surface area contributed by atoms with Crippen molar-refractivity contribution in [3.05, 3.63) is 35.9 Å². The highest BCUT2D eigenvalue weighted by atomic mass is 28.4. The van der Waals surface area contributed by atoms with E-state index >= 15 is 0 Å². The number of benzene rings is 1. The summed E-state index contributed by atoms with van der Waals surface area (Å²) in [5, 5.41) is 0.109. The molecule has 1 rings (SSSR count). The molecule has 0 unspecified atom stereocenters. The molecule has 0 fully saturated rings. The van der Waals surface area contributed by atoms with Crippen LogP contribution >= 0.6 is 0 Å². The fourth-order valence-electron chi connectivity index (χ4n) is 1.44. The van der Waals surface area contributed by atoms with Crippen molar-refractivity contribution in [3.63, 3.8) is 0 Å². The zero-order valence-electron chi connectivity index (χ0n) is 13.3. The summed E-state index contributed by atoms with van der Waals surface area (Å²) in [6.07, 6.45) is -1.06. The van der Waals surface area contributed by atoms with Crippen LogP contribution in [0.2, 0.25) is 18.1 Å². The maximum atomic E-state index is 13.8. The summed E-state index contributed by atoms with van der Waals surface area (Å²) >= 11 is 0. The van der Waals surface area contributed by atoms with Gasteiger partial charge in [0, 0.05) is 0 Å². The zero-order valence-corrected chi connectivity index (χ0v) is 14.3. The van der Waals surface area contributed by atoms with Crippen molar-refractivity contribution in [2.24, 2.45) is 0 Å². The summed E-state index contributed by atoms with van der Waals surface area (Å²) in [7, 11) is -1.87. The van der Waals surface area contributed by atoms with Gasteiger partial charge in [-0.15, -0.1) is 0 Å². The highest BCUT2D eigenvalue weighted by Gasteiger charge is 2.37. The molecule has 1 aromatic rings. The number of hydrogen-bond acceptors (Lipinski definition) is 2. The minimum Gasteiger partial charge on any atom is -0.414 e. The molecule has 0 aromatic heterocycles. The van der Waals surface area contributed by atoms with E-state index in [1.807, 2.05) is 30.3 Å². The molecule has 2 nitrogen and oxygen atoms in total. The summed E-state index contributed by atoms with van der Waals surface area (Å²) < 4.78 is 25.0. The van der Waals surface area contributed by atoms with Crippen LogP contribution in [0, 0.1) is 0 Å². The van der Waals surface area contributed by atoms with Gasteiger partial charge in [-0.05, 0) is 23.7 Å². The lowest BCUT2D eigenvalue weighted by Crippen LogP contribution is -2.42. The monoisotopic (exact) mass is 298 g/mol. The minimum atomic E-state index is -1.87. The molecular weight excluding hydrogens is 271 g/mol. The van der Waals surface area contributed by atoms with Crippen LogP contribution < -0.4 is 0 Å². The molecule has 114 valence electrons. The van der Waals surface area contributed by atoms with E-state index in [1.165, 1.54) is 0 Å². The summed E-state index contributed by atoms with van der Waals surface area (Å²) in [4.78, 5) is 0. The SMILES string of the molecule is CC(C)(C)[Si](C)(C)OC[C@H](F)COCc1ccccc1. The molecule has 0 aliphatic heterocycles. The smallest absolute Gasteiger partial charge is 0.192 e. The lowest BCUT2D eigenvalue weighted by Gasteiger charge is -2.36. The van der Waals surface area contributed by atoms with E-state index in [9.17, 15) is 4.39 Å². The van der Waals surface area contributed by atoms with Crippen LogP contribution in [0.25, 0.3) is 0 Å². The molecule has 0 aliphatic rings. The van der Waals surface area contributed by atoms with Gasteiger partial charge in [-0.2, -0.15) is 0 Å². The van der Waals surface area contributed by atoms with Crippen LogP contribution in [0.4, 0.5) is 4.39 Å². The molecule has 0 saturated carbocycles. The molecule has 4 heteroatoms. The quantitative estimate of drug-likeness (QED) is 0.687. The number of hydrogen-bond donors (Lipinski definition) is 0. The Morgan fingerprint density at radius 3 is 2.25 bits per heavy atom. The van der Waals surface area contributed by atoms with Crippen LogP contribution in [0.3, 0.4) is 0 Å². The number of alkyl halides is 1. The maximum absolute atomic E-state index is 13.8. The summed E-state index contributed by atoms with van der Waals surface area (Å²) in [5.41, 5.74) is 1.06. The normalized spacial score (nSPS) is 14.3. The van der Waals surface area contributed by atoms with Crippen LogP contribution in [-0.2, 0) is 15.8 Å². The second-order valence-corrected chi connectivity index (χ2v) is 11.5. The second kappa shape index (κ2) is 7.34. The van der Waals surface area contributed by atoms with Crippen LogP contribution in [0.5, 0.6) is 0 Å². The molecular formula is C16H27FO2Si. The fourth-order valence-corrected chi connectivity index (χ4v) is 2.47. The van der Waals surface area contributed by atoms with Gasteiger partial charge < -0.3 is 9.16 Å². The lowest BCUT2D eigenvalue weighted by molar-refractivity contribution is 0.0461. The third-order valence-corrected chi connectivity index (χ3v) is 8.34.